The molecule has 1 unspecified atom stereocenters. The molecule has 2 aromatic rings. The summed E-state index contributed by atoms with van der Waals surface area (Å²) >= 11 is 0. The molecule has 6 nitrogen and oxygen atoms in total. The summed E-state index contributed by atoms with van der Waals surface area (Å²) in [4.78, 5) is 0. The molecule has 0 aliphatic heterocycles. The molecule has 0 heterocycles. The Morgan fingerprint density at radius 2 is 1.38 bits per heavy atom. The summed E-state index contributed by atoms with van der Waals surface area (Å²) in [7, 11) is 6.20. The highest BCUT2D eigenvalue weighted by molar-refractivity contribution is 5.51. The number of ether oxygens (including phenoxy) is 5. The van der Waals surface area contributed by atoms with Crippen molar-refractivity contribution in [1.82, 2.24) is 0 Å². The van der Waals surface area contributed by atoms with Gasteiger partial charge < -0.3 is 28.8 Å². The summed E-state index contributed by atoms with van der Waals surface area (Å²) in [5.74, 6) is 2.66. The third kappa shape index (κ3) is 3.83. The molecule has 6 heteroatoms. The summed E-state index contributed by atoms with van der Waals surface area (Å²) in [5, 5.41) is 10.4. The lowest BCUT2D eigenvalue weighted by molar-refractivity contribution is 0.104. The fourth-order valence-corrected chi connectivity index (χ4v) is 2.28. The number of aliphatic hydroxyl groups is 1. The van der Waals surface area contributed by atoms with Gasteiger partial charge in [-0.15, -0.1) is 0 Å². The Hall–Kier alpha value is -2.60. The van der Waals surface area contributed by atoms with Crippen LogP contribution in [0.25, 0.3) is 0 Å². The Kier molecular flexibility index (Phi) is 6.14. The van der Waals surface area contributed by atoms with Crippen molar-refractivity contribution in [3.63, 3.8) is 0 Å². The van der Waals surface area contributed by atoms with Gasteiger partial charge in [0.25, 0.3) is 0 Å². The quantitative estimate of drug-likeness (QED) is 0.801. The van der Waals surface area contributed by atoms with Crippen LogP contribution in [0.4, 0.5) is 0 Å². The van der Waals surface area contributed by atoms with Crippen LogP contribution in [0, 0.1) is 0 Å². The van der Waals surface area contributed by atoms with Crippen LogP contribution in [0.5, 0.6) is 28.7 Å². The van der Waals surface area contributed by atoms with Crippen LogP contribution in [0.15, 0.2) is 36.4 Å². The Morgan fingerprint density at radius 1 is 0.792 bits per heavy atom. The van der Waals surface area contributed by atoms with Crippen LogP contribution in [-0.2, 0) is 0 Å². The van der Waals surface area contributed by atoms with Gasteiger partial charge >= 0.3 is 0 Å². The Labute approximate surface area is 141 Å². The van der Waals surface area contributed by atoms with Gasteiger partial charge in [-0.1, -0.05) is 12.1 Å². The van der Waals surface area contributed by atoms with Gasteiger partial charge in [0.2, 0.25) is 5.75 Å². The second-order valence-electron chi connectivity index (χ2n) is 4.93. The van der Waals surface area contributed by atoms with E-state index in [1.165, 1.54) is 0 Å². The van der Waals surface area contributed by atoms with Crippen molar-refractivity contribution in [1.29, 1.82) is 0 Å². The van der Waals surface area contributed by atoms with E-state index >= 15 is 0 Å². The van der Waals surface area contributed by atoms with E-state index < -0.39 is 6.10 Å². The standard InChI is InChI=1S/C18H22O6/c1-20-14-9-8-12(10-17(14)23-4)13(19)11-24-18-15(21-2)6-5-7-16(18)22-3/h5-10,13,19H,11H2,1-4H3. The maximum absolute atomic E-state index is 10.4. The Bertz CT molecular complexity index is 648. The van der Waals surface area contributed by atoms with Crippen molar-refractivity contribution >= 4 is 0 Å². The molecular weight excluding hydrogens is 312 g/mol. The molecule has 0 aromatic heterocycles. The number of rotatable bonds is 8. The molecule has 0 radical (unpaired) electrons. The highest BCUT2D eigenvalue weighted by Crippen LogP contribution is 2.37. The smallest absolute Gasteiger partial charge is 0.203 e. The lowest BCUT2D eigenvalue weighted by atomic mass is 10.1. The van der Waals surface area contributed by atoms with E-state index in [1.54, 1.807) is 64.8 Å². The lowest BCUT2D eigenvalue weighted by Gasteiger charge is -2.17. The molecule has 0 saturated heterocycles. The van der Waals surface area contributed by atoms with Gasteiger partial charge in [-0.25, -0.2) is 0 Å². The van der Waals surface area contributed by atoms with Gasteiger partial charge in [-0.2, -0.15) is 0 Å². The van der Waals surface area contributed by atoms with Crippen molar-refractivity contribution in [2.75, 3.05) is 35.0 Å². The van der Waals surface area contributed by atoms with E-state index in [4.69, 9.17) is 23.7 Å². The number of hydrogen-bond donors (Lipinski definition) is 1. The molecule has 0 fully saturated rings. The first-order valence-corrected chi connectivity index (χ1v) is 7.38. The second kappa shape index (κ2) is 8.31. The van der Waals surface area contributed by atoms with E-state index in [0.717, 1.165) is 0 Å². The average molecular weight is 334 g/mol. The Morgan fingerprint density at radius 3 is 1.92 bits per heavy atom. The molecule has 24 heavy (non-hydrogen) atoms. The molecule has 0 aliphatic carbocycles. The molecule has 0 saturated carbocycles. The lowest BCUT2D eigenvalue weighted by Crippen LogP contribution is -2.11. The minimum Gasteiger partial charge on any atom is -0.493 e. The molecule has 0 bridgehead atoms. The summed E-state index contributed by atoms with van der Waals surface area (Å²) in [6.45, 7) is 0.0339. The van der Waals surface area contributed by atoms with E-state index in [2.05, 4.69) is 0 Å². The van der Waals surface area contributed by atoms with E-state index in [9.17, 15) is 5.11 Å². The molecule has 130 valence electrons. The highest BCUT2D eigenvalue weighted by Gasteiger charge is 2.16. The molecule has 1 N–H and O–H groups in total. The van der Waals surface area contributed by atoms with Gasteiger partial charge in [0.05, 0.1) is 28.4 Å². The van der Waals surface area contributed by atoms with Gasteiger partial charge in [-0.05, 0) is 29.8 Å². The van der Waals surface area contributed by atoms with Gasteiger partial charge in [0.15, 0.2) is 23.0 Å². The van der Waals surface area contributed by atoms with Crippen LogP contribution in [0.3, 0.4) is 0 Å². The number of benzene rings is 2. The summed E-state index contributed by atoms with van der Waals surface area (Å²) in [6, 6.07) is 10.5. The number of para-hydroxylation sites is 1. The van der Waals surface area contributed by atoms with E-state index in [1.807, 2.05) is 0 Å². The van der Waals surface area contributed by atoms with Crippen LogP contribution in [0.1, 0.15) is 11.7 Å². The summed E-state index contributed by atoms with van der Waals surface area (Å²) < 4.78 is 26.7. The highest BCUT2D eigenvalue weighted by atomic mass is 16.5. The summed E-state index contributed by atoms with van der Waals surface area (Å²) in [6.07, 6.45) is -0.848. The SMILES string of the molecule is COc1ccc(C(O)COc2c(OC)cccc2OC)cc1OC. The Balaban J connectivity index is 2.15. The monoisotopic (exact) mass is 334 g/mol. The largest absolute Gasteiger partial charge is 0.493 e. The predicted octanol–water partition coefficient (Wildman–Crippen LogP) is 2.83. The number of hydrogen-bond acceptors (Lipinski definition) is 6. The maximum atomic E-state index is 10.4. The molecule has 2 rings (SSSR count). The van der Waals surface area contributed by atoms with Gasteiger partial charge in [0.1, 0.15) is 12.7 Å². The van der Waals surface area contributed by atoms with Crippen molar-refractivity contribution in [2.45, 2.75) is 6.10 Å². The zero-order valence-corrected chi connectivity index (χ0v) is 14.2. The minimum atomic E-state index is -0.848. The van der Waals surface area contributed by atoms with Crippen molar-refractivity contribution in [3.05, 3.63) is 42.0 Å². The van der Waals surface area contributed by atoms with Crippen LogP contribution in [0.2, 0.25) is 0 Å². The molecule has 0 aliphatic rings. The normalized spacial score (nSPS) is 11.5. The minimum absolute atomic E-state index is 0.0339. The number of methoxy groups -OCH3 is 4. The fourth-order valence-electron chi connectivity index (χ4n) is 2.28. The van der Waals surface area contributed by atoms with Crippen LogP contribution >= 0.6 is 0 Å². The second-order valence-corrected chi connectivity index (χ2v) is 4.93. The fraction of sp³-hybridized carbons (Fsp3) is 0.333. The summed E-state index contributed by atoms with van der Waals surface area (Å²) in [5.41, 5.74) is 0.654. The number of aliphatic hydroxyl groups excluding tert-OH is 1. The first kappa shape index (κ1) is 17.7. The predicted molar refractivity (Wildman–Crippen MR) is 89.5 cm³/mol. The molecule has 1 atom stereocenters. The van der Waals surface area contributed by atoms with E-state index in [-0.39, 0.29) is 6.61 Å². The van der Waals surface area contributed by atoms with Gasteiger partial charge in [0, 0.05) is 0 Å². The molecule has 0 amide bonds. The third-order valence-electron chi connectivity index (χ3n) is 3.56. The van der Waals surface area contributed by atoms with Crippen molar-refractivity contribution in [3.8, 4) is 28.7 Å². The van der Waals surface area contributed by atoms with Crippen molar-refractivity contribution < 1.29 is 28.8 Å². The topological polar surface area (TPSA) is 66.4 Å². The maximum Gasteiger partial charge on any atom is 0.203 e. The van der Waals surface area contributed by atoms with E-state index in [0.29, 0.717) is 34.3 Å². The van der Waals surface area contributed by atoms with Crippen molar-refractivity contribution in [2.24, 2.45) is 0 Å². The molecular formula is C18H22O6. The molecule has 0 spiro atoms. The van der Waals surface area contributed by atoms with Crippen LogP contribution < -0.4 is 23.7 Å². The zero-order valence-electron chi connectivity index (χ0n) is 14.2. The first-order valence-electron chi connectivity index (χ1n) is 7.38. The zero-order chi connectivity index (χ0) is 17.5. The first-order chi connectivity index (χ1) is 11.6. The van der Waals surface area contributed by atoms with Crippen LogP contribution in [-0.4, -0.2) is 40.2 Å². The third-order valence-corrected chi connectivity index (χ3v) is 3.56. The molecule has 2 aromatic carbocycles. The van der Waals surface area contributed by atoms with Gasteiger partial charge in [-0.3, -0.25) is 0 Å². The average Bonchev–Trinajstić information content (AvgIpc) is 2.64.